The smallest absolute Gasteiger partial charge is 0.337 e. The van der Waals surface area contributed by atoms with Crippen LogP contribution in [-0.4, -0.2) is 61.9 Å². The van der Waals surface area contributed by atoms with Crippen LogP contribution in [-0.2, 0) is 23.1 Å². The lowest BCUT2D eigenvalue weighted by atomic mass is 9.72. The van der Waals surface area contributed by atoms with Gasteiger partial charge < -0.3 is 23.1 Å². The lowest BCUT2D eigenvalue weighted by Crippen LogP contribution is -2.46. The molecule has 1 saturated heterocycles. The predicted molar refractivity (Wildman–Crippen MR) is 94.0 cm³/mol. The van der Waals surface area contributed by atoms with Crippen LogP contribution in [0.15, 0.2) is 0 Å². The van der Waals surface area contributed by atoms with Crippen molar-refractivity contribution in [1.29, 1.82) is 0 Å². The Balaban J connectivity index is 2.27. The fraction of sp³-hybridized carbons (Fsp3) is 1.00. The Morgan fingerprint density at radius 2 is 1.65 bits per heavy atom. The average Bonchev–Trinajstić information content (AvgIpc) is 2.48. The van der Waals surface area contributed by atoms with E-state index in [1.807, 2.05) is 13.8 Å². The third-order valence-electron chi connectivity index (χ3n) is 4.73. The third kappa shape index (κ3) is 7.19. The molecule has 23 heavy (non-hydrogen) atoms. The van der Waals surface area contributed by atoms with Gasteiger partial charge in [0, 0.05) is 51.6 Å². The van der Waals surface area contributed by atoms with E-state index in [1.54, 1.807) is 7.11 Å². The van der Waals surface area contributed by atoms with Gasteiger partial charge in [-0.1, -0.05) is 6.92 Å². The third-order valence-corrected chi connectivity index (χ3v) is 7.64. The van der Waals surface area contributed by atoms with E-state index in [2.05, 4.69) is 13.5 Å². The van der Waals surface area contributed by atoms with E-state index >= 15 is 0 Å². The predicted octanol–water partition coefficient (Wildman–Crippen LogP) is 3.23. The van der Waals surface area contributed by atoms with Gasteiger partial charge in [-0.15, -0.1) is 0 Å². The summed E-state index contributed by atoms with van der Waals surface area (Å²) in [6.45, 7) is 13.9. The van der Waals surface area contributed by atoms with Crippen molar-refractivity contribution in [3.8, 4) is 0 Å². The van der Waals surface area contributed by atoms with Crippen LogP contribution in [0.3, 0.4) is 0 Å². The maximum Gasteiger partial charge on any atom is 0.337 e. The monoisotopic (exact) mass is 348 g/mol. The minimum Gasteiger partial charge on any atom is -0.395 e. The summed E-state index contributed by atoms with van der Waals surface area (Å²) in [5.41, 5.74) is 0.293. The highest BCUT2D eigenvalue weighted by Crippen LogP contribution is 2.39. The summed E-state index contributed by atoms with van der Waals surface area (Å²) in [6.07, 6.45) is 2.13. The van der Waals surface area contributed by atoms with Crippen LogP contribution >= 0.6 is 0 Å². The first kappa shape index (κ1) is 21.1. The van der Waals surface area contributed by atoms with Crippen LogP contribution in [0.1, 0.15) is 33.6 Å². The van der Waals surface area contributed by atoms with Crippen molar-refractivity contribution >= 4 is 8.56 Å². The highest BCUT2D eigenvalue weighted by molar-refractivity contribution is 6.66. The molecule has 0 saturated carbocycles. The van der Waals surface area contributed by atoms with Gasteiger partial charge in [0.1, 0.15) is 0 Å². The van der Waals surface area contributed by atoms with Gasteiger partial charge in [-0.3, -0.25) is 0 Å². The molecule has 0 radical (unpaired) electrons. The lowest BCUT2D eigenvalue weighted by molar-refractivity contribution is -0.142. The Morgan fingerprint density at radius 3 is 2.13 bits per heavy atom. The molecular formula is C17H36O5Si. The summed E-state index contributed by atoms with van der Waals surface area (Å²) in [5.74, 6) is 0.596. The fourth-order valence-corrected chi connectivity index (χ4v) is 5.25. The molecule has 0 bridgehead atoms. The van der Waals surface area contributed by atoms with Crippen molar-refractivity contribution in [2.75, 3.05) is 53.4 Å². The van der Waals surface area contributed by atoms with Crippen molar-refractivity contribution in [2.45, 2.75) is 46.2 Å². The minimum absolute atomic E-state index is 0.293. The van der Waals surface area contributed by atoms with E-state index in [9.17, 15) is 0 Å². The molecule has 0 aliphatic carbocycles. The van der Waals surface area contributed by atoms with Crippen LogP contribution < -0.4 is 0 Å². The SMILES string of the molecule is CCO[Si](C)(CCOCCC(CCOC)C1(C)COC1)OCC. The highest BCUT2D eigenvalue weighted by atomic mass is 28.4. The summed E-state index contributed by atoms with van der Waals surface area (Å²) in [4.78, 5) is 0. The van der Waals surface area contributed by atoms with Crippen molar-refractivity contribution in [1.82, 2.24) is 0 Å². The number of ether oxygens (including phenoxy) is 3. The zero-order valence-electron chi connectivity index (χ0n) is 15.7. The largest absolute Gasteiger partial charge is 0.395 e. The van der Waals surface area contributed by atoms with Gasteiger partial charge >= 0.3 is 8.56 Å². The zero-order chi connectivity index (χ0) is 17.2. The van der Waals surface area contributed by atoms with E-state index < -0.39 is 8.56 Å². The molecule has 0 spiro atoms. The van der Waals surface area contributed by atoms with Crippen LogP contribution in [0.2, 0.25) is 12.6 Å². The van der Waals surface area contributed by atoms with Crippen LogP contribution in [0.4, 0.5) is 0 Å². The Bertz CT molecular complexity index is 303. The number of hydrogen-bond acceptors (Lipinski definition) is 5. The molecule has 0 aromatic carbocycles. The Labute approximate surface area is 143 Å². The summed E-state index contributed by atoms with van der Waals surface area (Å²) in [6, 6.07) is 0.887. The summed E-state index contributed by atoms with van der Waals surface area (Å²) >= 11 is 0. The van der Waals surface area contributed by atoms with Gasteiger partial charge in [0.15, 0.2) is 0 Å². The topological polar surface area (TPSA) is 46.2 Å². The van der Waals surface area contributed by atoms with Crippen molar-refractivity contribution in [2.24, 2.45) is 11.3 Å². The average molecular weight is 349 g/mol. The Hall–Kier alpha value is 0.0169. The van der Waals surface area contributed by atoms with Gasteiger partial charge in [-0.25, -0.2) is 0 Å². The number of hydrogen-bond donors (Lipinski definition) is 0. The van der Waals surface area contributed by atoms with Gasteiger partial charge in [-0.05, 0) is 39.2 Å². The second-order valence-electron chi connectivity index (χ2n) is 6.78. The molecule has 1 heterocycles. The van der Waals surface area contributed by atoms with Crippen LogP contribution in [0, 0.1) is 11.3 Å². The standard InChI is InChI=1S/C17H36O5Si/c1-6-21-23(5,22-7-2)13-12-19-11-9-16(8-10-18-4)17(3)14-20-15-17/h16H,6-15H2,1-5H3. The Kier molecular flexibility index (Phi) is 9.88. The van der Waals surface area contributed by atoms with Crippen molar-refractivity contribution in [3.63, 3.8) is 0 Å². The fourth-order valence-electron chi connectivity index (χ4n) is 3.14. The van der Waals surface area contributed by atoms with Gasteiger partial charge in [0.05, 0.1) is 13.2 Å². The van der Waals surface area contributed by atoms with Crippen LogP contribution in [0.5, 0.6) is 0 Å². The first-order chi connectivity index (χ1) is 11.0. The molecule has 0 aromatic heterocycles. The van der Waals surface area contributed by atoms with Gasteiger partial charge in [0.25, 0.3) is 0 Å². The molecule has 1 unspecified atom stereocenters. The molecule has 1 atom stereocenters. The molecule has 0 N–H and O–H groups in total. The molecule has 0 aromatic rings. The molecular weight excluding hydrogens is 312 g/mol. The first-order valence-corrected chi connectivity index (χ1v) is 11.4. The quantitative estimate of drug-likeness (QED) is 0.356. The molecule has 6 heteroatoms. The molecule has 1 fully saturated rings. The molecule has 1 aliphatic heterocycles. The van der Waals surface area contributed by atoms with Crippen molar-refractivity contribution in [3.05, 3.63) is 0 Å². The normalized spacial score (nSPS) is 18.7. The molecule has 138 valence electrons. The molecule has 5 nitrogen and oxygen atoms in total. The lowest BCUT2D eigenvalue weighted by Gasteiger charge is -2.44. The first-order valence-electron chi connectivity index (χ1n) is 8.92. The number of methoxy groups -OCH3 is 1. The second kappa shape index (κ2) is 10.8. The Morgan fingerprint density at radius 1 is 1.04 bits per heavy atom. The van der Waals surface area contributed by atoms with Crippen molar-refractivity contribution < 1.29 is 23.1 Å². The highest BCUT2D eigenvalue weighted by Gasteiger charge is 2.40. The van der Waals surface area contributed by atoms with Gasteiger partial charge in [-0.2, -0.15) is 0 Å². The summed E-state index contributed by atoms with van der Waals surface area (Å²) in [7, 11) is -0.281. The minimum atomic E-state index is -2.04. The second-order valence-corrected chi connectivity index (χ2v) is 10.1. The summed E-state index contributed by atoms with van der Waals surface area (Å²) in [5, 5.41) is 0. The number of rotatable bonds is 14. The zero-order valence-corrected chi connectivity index (χ0v) is 16.7. The summed E-state index contributed by atoms with van der Waals surface area (Å²) < 4.78 is 28.2. The van der Waals surface area contributed by atoms with E-state index in [0.29, 0.717) is 31.2 Å². The maximum absolute atomic E-state index is 5.89. The molecule has 1 rings (SSSR count). The molecule has 1 aliphatic rings. The van der Waals surface area contributed by atoms with E-state index in [4.69, 9.17) is 23.1 Å². The van der Waals surface area contributed by atoms with Gasteiger partial charge in [0.2, 0.25) is 0 Å². The molecule has 0 amide bonds. The van der Waals surface area contributed by atoms with E-state index in [1.165, 1.54) is 0 Å². The maximum atomic E-state index is 5.89. The van der Waals surface area contributed by atoms with Crippen LogP contribution in [0.25, 0.3) is 0 Å². The van der Waals surface area contributed by atoms with E-state index in [-0.39, 0.29) is 0 Å². The van der Waals surface area contributed by atoms with E-state index in [0.717, 1.165) is 45.3 Å².